The van der Waals surface area contributed by atoms with Gasteiger partial charge in [0.1, 0.15) is 5.75 Å². The fourth-order valence-corrected chi connectivity index (χ4v) is 1.76. The van der Waals surface area contributed by atoms with E-state index in [0.717, 1.165) is 21.7 Å². The lowest BCUT2D eigenvalue weighted by Crippen LogP contribution is -1.87. The smallest absolute Gasteiger partial charge is 0.122 e. The van der Waals surface area contributed by atoms with Crippen molar-refractivity contribution in [3.63, 3.8) is 0 Å². The first kappa shape index (κ1) is 12.9. The zero-order valence-corrected chi connectivity index (χ0v) is 10.9. The molecule has 0 saturated carbocycles. The van der Waals surface area contributed by atoms with Crippen molar-refractivity contribution in [1.82, 2.24) is 0 Å². The van der Waals surface area contributed by atoms with E-state index in [9.17, 15) is 0 Å². The lowest BCUT2D eigenvalue weighted by molar-refractivity contribution is 0.412. The molecule has 0 saturated heterocycles. The highest BCUT2D eigenvalue weighted by molar-refractivity contribution is 6.31. The fraction of sp³-hybridized carbons (Fsp3) is 0.286. The van der Waals surface area contributed by atoms with Crippen molar-refractivity contribution in [2.45, 2.75) is 20.8 Å². The molecule has 2 rings (SSSR count). The number of hydrogen-bond donors (Lipinski definition) is 0. The summed E-state index contributed by atoms with van der Waals surface area (Å²) in [6.45, 7) is 6.03. The highest BCUT2D eigenvalue weighted by Gasteiger charge is 2.01. The standard InChI is InChI=1S/C12H11ClO.C2H6/c1-8-5-9-3-4-11(13)6-10(9)7-12(8)14-2;1-2/h3-7H,1-2H3;1-2H3. The van der Waals surface area contributed by atoms with Gasteiger partial charge in [-0.25, -0.2) is 0 Å². The minimum atomic E-state index is 0.753. The summed E-state index contributed by atoms with van der Waals surface area (Å²) < 4.78 is 5.25. The molecule has 0 aliphatic heterocycles. The van der Waals surface area contributed by atoms with Crippen molar-refractivity contribution in [2.24, 2.45) is 0 Å². The van der Waals surface area contributed by atoms with Crippen LogP contribution in [0.4, 0.5) is 0 Å². The van der Waals surface area contributed by atoms with Crippen LogP contribution in [-0.4, -0.2) is 7.11 Å². The number of halogens is 1. The maximum atomic E-state index is 5.91. The zero-order valence-electron chi connectivity index (χ0n) is 10.2. The van der Waals surface area contributed by atoms with Gasteiger partial charge < -0.3 is 4.74 Å². The Morgan fingerprint density at radius 1 is 1.00 bits per heavy atom. The summed E-state index contributed by atoms with van der Waals surface area (Å²) in [4.78, 5) is 0. The predicted octanol–water partition coefficient (Wildman–Crippen LogP) is 4.84. The van der Waals surface area contributed by atoms with E-state index in [-0.39, 0.29) is 0 Å². The first-order valence-corrected chi connectivity index (χ1v) is 5.82. The summed E-state index contributed by atoms with van der Waals surface area (Å²) in [6, 6.07) is 9.97. The molecule has 0 aromatic heterocycles. The van der Waals surface area contributed by atoms with Crippen LogP contribution >= 0.6 is 11.6 Å². The minimum Gasteiger partial charge on any atom is -0.496 e. The van der Waals surface area contributed by atoms with Crippen molar-refractivity contribution >= 4 is 22.4 Å². The predicted molar refractivity (Wildman–Crippen MR) is 71.6 cm³/mol. The van der Waals surface area contributed by atoms with E-state index in [1.807, 2.05) is 45.0 Å². The Morgan fingerprint density at radius 3 is 2.31 bits per heavy atom. The molecule has 0 spiro atoms. The van der Waals surface area contributed by atoms with Gasteiger partial charge in [0.15, 0.2) is 0 Å². The molecule has 0 N–H and O–H groups in total. The number of benzene rings is 2. The van der Waals surface area contributed by atoms with Gasteiger partial charge in [-0.2, -0.15) is 0 Å². The monoisotopic (exact) mass is 236 g/mol. The van der Waals surface area contributed by atoms with E-state index in [4.69, 9.17) is 16.3 Å². The molecule has 0 aliphatic rings. The molecule has 16 heavy (non-hydrogen) atoms. The highest BCUT2D eigenvalue weighted by atomic mass is 35.5. The molecular formula is C14H17ClO. The van der Waals surface area contributed by atoms with Gasteiger partial charge in [-0.1, -0.05) is 31.5 Å². The molecule has 0 atom stereocenters. The lowest BCUT2D eigenvalue weighted by Gasteiger charge is -2.06. The Kier molecular flexibility index (Phi) is 4.63. The summed E-state index contributed by atoms with van der Waals surface area (Å²) in [5.74, 6) is 0.903. The molecule has 2 heteroatoms. The van der Waals surface area contributed by atoms with Crippen LogP contribution in [0.5, 0.6) is 5.75 Å². The van der Waals surface area contributed by atoms with Gasteiger partial charge in [0.05, 0.1) is 7.11 Å². The molecule has 0 radical (unpaired) electrons. The summed E-state index contributed by atoms with van der Waals surface area (Å²) >= 11 is 5.91. The SMILES string of the molecule is CC.COc1cc2cc(Cl)ccc2cc1C. The Labute approximate surface area is 102 Å². The first-order chi connectivity index (χ1) is 7.70. The van der Waals surface area contributed by atoms with E-state index in [1.54, 1.807) is 7.11 Å². The number of aryl methyl sites for hydroxylation is 1. The van der Waals surface area contributed by atoms with E-state index < -0.39 is 0 Å². The van der Waals surface area contributed by atoms with Crippen LogP contribution in [-0.2, 0) is 0 Å². The third kappa shape index (κ3) is 2.67. The van der Waals surface area contributed by atoms with Crippen molar-refractivity contribution in [3.05, 3.63) is 40.9 Å². The van der Waals surface area contributed by atoms with Gasteiger partial charge in [0.25, 0.3) is 0 Å². The molecule has 0 fully saturated rings. The van der Waals surface area contributed by atoms with Crippen LogP contribution in [0.3, 0.4) is 0 Å². The Balaban J connectivity index is 0.000000606. The first-order valence-electron chi connectivity index (χ1n) is 5.44. The van der Waals surface area contributed by atoms with Gasteiger partial charge >= 0.3 is 0 Å². The second kappa shape index (κ2) is 5.76. The van der Waals surface area contributed by atoms with Crippen LogP contribution in [0, 0.1) is 6.92 Å². The molecule has 0 aliphatic carbocycles. The molecule has 0 unspecified atom stereocenters. The van der Waals surface area contributed by atoms with Crippen molar-refractivity contribution < 1.29 is 4.74 Å². The maximum Gasteiger partial charge on any atom is 0.122 e. The van der Waals surface area contributed by atoms with E-state index in [0.29, 0.717) is 0 Å². The third-order valence-electron chi connectivity index (χ3n) is 2.32. The number of methoxy groups -OCH3 is 1. The highest BCUT2D eigenvalue weighted by Crippen LogP contribution is 2.27. The van der Waals surface area contributed by atoms with Crippen LogP contribution in [0.2, 0.25) is 5.02 Å². The largest absolute Gasteiger partial charge is 0.496 e. The Bertz CT molecular complexity index is 477. The van der Waals surface area contributed by atoms with Crippen molar-refractivity contribution in [3.8, 4) is 5.75 Å². The molecule has 1 nitrogen and oxygen atoms in total. The van der Waals surface area contributed by atoms with Gasteiger partial charge in [-0.3, -0.25) is 0 Å². The number of fused-ring (bicyclic) bond motifs is 1. The topological polar surface area (TPSA) is 9.23 Å². The van der Waals surface area contributed by atoms with E-state index in [1.165, 1.54) is 5.39 Å². The second-order valence-electron chi connectivity index (χ2n) is 3.31. The normalized spacial score (nSPS) is 9.56. The number of rotatable bonds is 1. The fourth-order valence-electron chi connectivity index (χ4n) is 1.58. The summed E-state index contributed by atoms with van der Waals surface area (Å²) in [5.41, 5.74) is 1.14. The third-order valence-corrected chi connectivity index (χ3v) is 2.55. The lowest BCUT2D eigenvalue weighted by atomic mass is 10.1. The summed E-state index contributed by atoms with van der Waals surface area (Å²) in [5, 5.41) is 3.05. The quantitative estimate of drug-likeness (QED) is 0.689. The van der Waals surface area contributed by atoms with E-state index in [2.05, 4.69) is 6.07 Å². The van der Waals surface area contributed by atoms with Crippen molar-refractivity contribution in [1.29, 1.82) is 0 Å². The number of ether oxygens (including phenoxy) is 1. The molecule has 0 heterocycles. The van der Waals surface area contributed by atoms with Crippen LogP contribution in [0.15, 0.2) is 30.3 Å². The number of hydrogen-bond acceptors (Lipinski definition) is 1. The van der Waals surface area contributed by atoms with E-state index >= 15 is 0 Å². The summed E-state index contributed by atoms with van der Waals surface area (Å²) in [7, 11) is 1.68. The Morgan fingerprint density at radius 2 is 1.69 bits per heavy atom. The van der Waals surface area contributed by atoms with Crippen LogP contribution in [0.1, 0.15) is 19.4 Å². The minimum absolute atomic E-state index is 0.753. The summed E-state index contributed by atoms with van der Waals surface area (Å²) in [6.07, 6.45) is 0. The van der Waals surface area contributed by atoms with Gasteiger partial charge in [0, 0.05) is 5.02 Å². The van der Waals surface area contributed by atoms with Crippen LogP contribution in [0.25, 0.3) is 10.8 Å². The average molecular weight is 237 g/mol. The average Bonchev–Trinajstić information content (AvgIpc) is 2.31. The molecule has 0 amide bonds. The van der Waals surface area contributed by atoms with Crippen LogP contribution < -0.4 is 4.74 Å². The second-order valence-corrected chi connectivity index (χ2v) is 3.75. The molecule has 86 valence electrons. The molecular weight excluding hydrogens is 220 g/mol. The molecule has 2 aromatic rings. The molecule has 2 aromatic carbocycles. The molecule has 0 bridgehead atoms. The Hall–Kier alpha value is -1.21. The van der Waals surface area contributed by atoms with Crippen molar-refractivity contribution in [2.75, 3.05) is 7.11 Å². The van der Waals surface area contributed by atoms with Gasteiger partial charge in [0.2, 0.25) is 0 Å². The zero-order chi connectivity index (χ0) is 12.1. The van der Waals surface area contributed by atoms with Gasteiger partial charge in [-0.05, 0) is 47.5 Å². The maximum absolute atomic E-state index is 5.91. The van der Waals surface area contributed by atoms with Gasteiger partial charge in [-0.15, -0.1) is 0 Å².